The van der Waals surface area contributed by atoms with Gasteiger partial charge in [-0.25, -0.2) is 13.2 Å². The van der Waals surface area contributed by atoms with Crippen LogP contribution in [0.2, 0.25) is 0 Å². The fraction of sp³-hybridized carbons (Fsp3) is 0.611. The van der Waals surface area contributed by atoms with E-state index in [2.05, 4.69) is 5.32 Å². The Hall–Kier alpha value is -1.60. The van der Waals surface area contributed by atoms with Gasteiger partial charge in [-0.2, -0.15) is 4.31 Å². The van der Waals surface area contributed by atoms with Gasteiger partial charge >= 0.3 is 6.03 Å². The number of rotatable bonds is 3. The van der Waals surface area contributed by atoms with E-state index in [4.69, 9.17) is 0 Å². The number of amides is 2. The van der Waals surface area contributed by atoms with Crippen LogP contribution in [0.1, 0.15) is 37.7 Å². The van der Waals surface area contributed by atoms with Gasteiger partial charge in [0, 0.05) is 32.2 Å². The molecule has 0 unspecified atom stereocenters. The first-order chi connectivity index (χ1) is 12.0. The zero-order chi connectivity index (χ0) is 17.9. The fourth-order valence-corrected chi connectivity index (χ4v) is 4.93. The highest BCUT2D eigenvalue weighted by atomic mass is 32.2. The maximum atomic E-state index is 12.7. The van der Waals surface area contributed by atoms with Gasteiger partial charge < -0.3 is 10.2 Å². The molecule has 1 aliphatic carbocycles. The van der Waals surface area contributed by atoms with Crippen molar-refractivity contribution in [1.82, 2.24) is 14.5 Å². The van der Waals surface area contributed by atoms with Crippen molar-refractivity contribution in [2.24, 2.45) is 0 Å². The molecule has 1 N–H and O–H groups in total. The lowest BCUT2D eigenvalue weighted by Crippen LogP contribution is -2.54. The number of nitrogens with one attached hydrogen (secondary N) is 1. The molecule has 0 aromatic heterocycles. The summed E-state index contributed by atoms with van der Waals surface area (Å²) in [4.78, 5) is 14.4. The quantitative estimate of drug-likeness (QED) is 0.894. The van der Waals surface area contributed by atoms with Crippen LogP contribution in [0.25, 0.3) is 0 Å². The maximum absolute atomic E-state index is 12.7. The number of hydrogen-bond donors (Lipinski definition) is 1. The molecule has 0 spiro atoms. The number of aryl methyl sites for hydroxylation is 1. The summed E-state index contributed by atoms with van der Waals surface area (Å²) in [6, 6.07) is 7.12. The highest BCUT2D eigenvalue weighted by Gasteiger charge is 2.30. The molecule has 1 aliphatic heterocycles. The van der Waals surface area contributed by atoms with E-state index in [1.54, 1.807) is 29.2 Å². The van der Waals surface area contributed by atoms with Crippen molar-refractivity contribution in [1.29, 1.82) is 0 Å². The summed E-state index contributed by atoms with van der Waals surface area (Å²) in [5.74, 6) is 0. The molecular weight excluding hydrogens is 338 g/mol. The minimum Gasteiger partial charge on any atom is -0.335 e. The van der Waals surface area contributed by atoms with Crippen LogP contribution in [-0.4, -0.2) is 55.9 Å². The third kappa shape index (κ3) is 4.33. The van der Waals surface area contributed by atoms with E-state index in [1.165, 1.54) is 23.6 Å². The van der Waals surface area contributed by atoms with Gasteiger partial charge in [0.15, 0.2) is 0 Å². The molecule has 1 aromatic rings. The first-order valence-corrected chi connectivity index (χ1v) is 10.5. The minimum absolute atomic E-state index is 0.0562. The maximum Gasteiger partial charge on any atom is 0.317 e. The van der Waals surface area contributed by atoms with Crippen molar-refractivity contribution in [2.75, 3.05) is 26.2 Å². The Morgan fingerprint density at radius 3 is 2.20 bits per heavy atom. The summed E-state index contributed by atoms with van der Waals surface area (Å²) in [5, 5.41) is 3.10. The Morgan fingerprint density at radius 2 is 1.60 bits per heavy atom. The number of nitrogens with zero attached hydrogens (tertiary/aromatic N) is 2. The number of urea groups is 1. The van der Waals surface area contributed by atoms with E-state index in [0.717, 1.165) is 18.4 Å². The van der Waals surface area contributed by atoms with Crippen LogP contribution < -0.4 is 5.32 Å². The Kier molecular flexibility index (Phi) is 5.64. The lowest BCUT2D eigenvalue weighted by Gasteiger charge is -2.35. The van der Waals surface area contributed by atoms with Gasteiger partial charge in [0.05, 0.1) is 4.90 Å². The average molecular weight is 365 g/mol. The van der Waals surface area contributed by atoms with Gasteiger partial charge in [-0.15, -0.1) is 0 Å². The molecular formula is C18H27N3O3S. The number of carbonyl (C=O) groups is 1. The van der Waals surface area contributed by atoms with Crippen LogP contribution in [0.3, 0.4) is 0 Å². The van der Waals surface area contributed by atoms with Crippen molar-refractivity contribution < 1.29 is 13.2 Å². The molecule has 0 radical (unpaired) electrons. The zero-order valence-electron chi connectivity index (χ0n) is 14.8. The van der Waals surface area contributed by atoms with Crippen molar-refractivity contribution in [3.05, 3.63) is 29.8 Å². The normalized spacial score (nSPS) is 20.4. The van der Waals surface area contributed by atoms with Crippen LogP contribution in [-0.2, 0) is 10.0 Å². The molecule has 1 saturated carbocycles. The molecule has 1 saturated heterocycles. The molecule has 7 heteroatoms. The first-order valence-electron chi connectivity index (χ1n) is 9.09. The van der Waals surface area contributed by atoms with E-state index in [0.29, 0.717) is 31.1 Å². The molecule has 2 amide bonds. The number of sulfonamides is 1. The first kappa shape index (κ1) is 18.2. The van der Waals surface area contributed by atoms with E-state index in [9.17, 15) is 13.2 Å². The highest BCUT2D eigenvalue weighted by Crippen LogP contribution is 2.20. The van der Waals surface area contributed by atoms with Crippen molar-refractivity contribution >= 4 is 16.1 Å². The monoisotopic (exact) mass is 365 g/mol. The second-order valence-electron chi connectivity index (χ2n) is 6.99. The molecule has 1 heterocycles. The second kappa shape index (κ2) is 7.74. The molecule has 2 fully saturated rings. The van der Waals surface area contributed by atoms with Gasteiger partial charge in [-0.1, -0.05) is 37.0 Å². The lowest BCUT2D eigenvalue weighted by molar-refractivity contribution is 0.166. The minimum atomic E-state index is -3.48. The Bertz CT molecular complexity index is 689. The number of benzene rings is 1. The zero-order valence-corrected chi connectivity index (χ0v) is 15.6. The summed E-state index contributed by atoms with van der Waals surface area (Å²) in [6.45, 7) is 3.48. The smallest absolute Gasteiger partial charge is 0.317 e. The molecule has 3 rings (SSSR count). The topological polar surface area (TPSA) is 69.7 Å². The summed E-state index contributed by atoms with van der Waals surface area (Å²) in [6.07, 6.45) is 5.70. The molecule has 1 aromatic carbocycles. The number of carbonyl (C=O) groups excluding carboxylic acids is 1. The predicted octanol–water partition coefficient (Wildman–Crippen LogP) is 2.34. The summed E-state index contributed by atoms with van der Waals surface area (Å²) >= 11 is 0. The Morgan fingerprint density at radius 1 is 1.00 bits per heavy atom. The summed E-state index contributed by atoms with van der Waals surface area (Å²) in [7, 11) is -3.48. The summed E-state index contributed by atoms with van der Waals surface area (Å²) < 4.78 is 26.9. The van der Waals surface area contributed by atoms with E-state index < -0.39 is 10.0 Å². The van der Waals surface area contributed by atoms with Crippen molar-refractivity contribution in [3.8, 4) is 0 Å². The third-order valence-corrected chi connectivity index (χ3v) is 7.03. The number of hydrogen-bond acceptors (Lipinski definition) is 3. The van der Waals surface area contributed by atoms with E-state index >= 15 is 0 Å². The molecule has 25 heavy (non-hydrogen) atoms. The van der Waals surface area contributed by atoms with Gasteiger partial charge in [-0.05, 0) is 31.9 Å². The summed E-state index contributed by atoms with van der Waals surface area (Å²) in [5.41, 5.74) is 1.03. The van der Waals surface area contributed by atoms with Gasteiger partial charge in [0.2, 0.25) is 10.0 Å². The van der Waals surface area contributed by atoms with Crippen LogP contribution in [0, 0.1) is 6.92 Å². The molecule has 6 nitrogen and oxygen atoms in total. The van der Waals surface area contributed by atoms with Gasteiger partial charge in [0.1, 0.15) is 0 Å². The fourth-order valence-electron chi connectivity index (χ4n) is 3.50. The van der Waals surface area contributed by atoms with Gasteiger partial charge in [-0.3, -0.25) is 0 Å². The van der Waals surface area contributed by atoms with Crippen molar-refractivity contribution in [2.45, 2.75) is 50.0 Å². The van der Waals surface area contributed by atoms with Gasteiger partial charge in [0.25, 0.3) is 0 Å². The molecule has 0 bridgehead atoms. The van der Waals surface area contributed by atoms with Crippen molar-refractivity contribution in [3.63, 3.8) is 0 Å². The Balaban J connectivity index is 1.55. The second-order valence-corrected chi connectivity index (χ2v) is 8.93. The van der Waals surface area contributed by atoms with E-state index in [-0.39, 0.29) is 12.1 Å². The highest BCUT2D eigenvalue weighted by molar-refractivity contribution is 7.89. The van der Waals surface area contributed by atoms with Crippen LogP contribution >= 0.6 is 0 Å². The largest absolute Gasteiger partial charge is 0.335 e. The lowest BCUT2D eigenvalue weighted by atomic mass is 9.96. The standard InChI is InChI=1S/C18H27N3O3S/c1-15-7-9-17(10-8-15)25(23,24)21-13-11-20(12-14-21)18(22)19-16-5-3-2-4-6-16/h7-10,16H,2-6,11-14H2,1H3,(H,19,22). The molecule has 138 valence electrons. The number of piperazine rings is 1. The molecule has 0 atom stereocenters. The van der Waals surface area contributed by atoms with E-state index in [1.807, 2.05) is 6.92 Å². The van der Waals surface area contributed by atoms with Crippen LogP contribution in [0.4, 0.5) is 4.79 Å². The Labute approximate surface area is 150 Å². The third-order valence-electron chi connectivity index (χ3n) is 5.12. The van der Waals surface area contributed by atoms with Crippen LogP contribution in [0.15, 0.2) is 29.2 Å². The molecule has 2 aliphatic rings. The predicted molar refractivity (Wildman–Crippen MR) is 96.9 cm³/mol. The van der Waals surface area contributed by atoms with Crippen LogP contribution in [0.5, 0.6) is 0 Å². The SMILES string of the molecule is Cc1ccc(S(=O)(=O)N2CCN(C(=O)NC3CCCCC3)CC2)cc1. The average Bonchev–Trinajstić information content (AvgIpc) is 2.63.